The number of carboxylic acids is 1. The molecule has 1 fully saturated rings. The van der Waals surface area contributed by atoms with Crippen LogP contribution in [-0.4, -0.2) is 31.6 Å². The second-order valence-electron chi connectivity index (χ2n) is 9.74. The van der Waals surface area contributed by atoms with Gasteiger partial charge in [0.05, 0.1) is 22.7 Å². The molecule has 0 atom stereocenters. The summed E-state index contributed by atoms with van der Waals surface area (Å²) in [6.07, 6.45) is 1.95. The highest BCUT2D eigenvalue weighted by Gasteiger charge is 2.34. The third-order valence-corrected chi connectivity index (χ3v) is 7.64. The van der Waals surface area contributed by atoms with E-state index in [0.29, 0.717) is 10.1 Å². The maximum atomic E-state index is 13.7. The largest absolute Gasteiger partial charge is 0.478 e. The van der Waals surface area contributed by atoms with E-state index in [2.05, 4.69) is 56.5 Å². The van der Waals surface area contributed by atoms with Crippen molar-refractivity contribution in [2.45, 2.75) is 34.2 Å². The van der Waals surface area contributed by atoms with Crippen molar-refractivity contribution in [3.63, 3.8) is 0 Å². The van der Waals surface area contributed by atoms with Crippen LogP contribution in [0.5, 0.6) is 0 Å². The first-order valence-corrected chi connectivity index (χ1v) is 13.5. The highest BCUT2D eigenvalue weighted by atomic mass is 32.2. The van der Waals surface area contributed by atoms with Gasteiger partial charge in [-0.25, -0.2) is 9.79 Å². The first kappa shape index (κ1) is 26.3. The molecule has 1 aliphatic rings. The third-order valence-electron chi connectivity index (χ3n) is 6.63. The van der Waals surface area contributed by atoms with Crippen LogP contribution in [0.15, 0.2) is 88.8 Å². The number of hydrogen-bond donors (Lipinski definition) is 1. The van der Waals surface area contributed by atoms with E-state index in [1.54, 1.807) is 29.2 Å². The Balaban J connectivity index is 1.52. The topological polar surface area (TPSA) is 74.9 Å². The van der Waals surface area contributed by atoms with Crippen LogP contribution in [0.4, 0.5) is 5.69 Å². The predicted molar refractivity (Wildman–Crippen MR) is 158 cm³/mol. The fraction of sp³-hybridized carbons (Fsp3) is 0.156. The van der Waals surface area contributed by atoms with Crippen LogP contribution < -0.4 is 0 Å². The van der Waals surface area contributed by atoms with Crippen LogP contribution in [0, 0.1) is 27.7 Å². The van der Waals surface area contributed by atoms with Crippen molar-refractivity contribution in [3.05, 3.63) is 123 Å². The summed E-state index contributed by atoms with van der Waals surface area (Å²) in [5.74, 6) is -1.11. The number of carbonyl (C=O) groups is 2. The van der Waals surface area contributed by atoms with E-state index in [0.717, 1.165) is 33.9 Å². The Kier molecular flexibility index (Phi) is 7.26. The lowest BCUT2D eigenvalue weighted by atomic mass is 10.1. The van der Waals surface area contributed by atoms with E-state index in [1.165, 1.54) is 22.9 Å². The molecular formula is C32H29N3O3S. The SMILES string of the molecule is Cc1cc(C)cc(-n2c(C)cc(/C=C3\SC(=Nc4ccccc4)N(Cc4ccc(C(=O)O)cc4)C3=O)c2C)c1. The summed E-state index contributed by atoms with van der Waals surface area (Å²) in [6, 6.07) is 24.7. The Morgan fingerprint density at radius 3 is 2.23 bits per heavy atom. The van der Waals surface area contributed by atoms with Crippen molar-refractivity contribution in [1.82, 2.24) is 9.47 Å². The van der Waals surface area contributed by atoms with E-state index in [9.17, 15) is 14.7 Å². The van der Waals surface area contributed by atoms with Crippen molar-refractivity contribution >= 4 is 40.6 Å². The number of aliphatic imine (C=N–C) groups is 1. The molecule has 7 heteroatoms. The van der Waals surface area contributed by atoms with Gasteiger partial charge >= 0.3 is 5.97 Å². The van der Waals surface area contributed by atoms with Crippen LogP contribution >= 0.6 is 11.8 Å². The van der Waals surface area contributed by atoms with Gasteiger partial charge < -0.3 is 9.67 Å². The van der Waals surface area contributed by atoms with Gasteiger partial charge in [0.25, 0.3) is 5.91 Å². The van der Waals surface area contributed by atoms with Crippen molar-refractivity contribution in [1.29, 1.82) is 0 Å². The average Bonchev–Trinajstić information content (AvgIpc) is 3.33. The lowest BCUT2D eigenvalue weighted by Gasteiger charge is -2.16. The summed E-state index contributed by atoms with van der Waals surface area (Å²) < 4.78 is 2.22. The van der Waals surface area contributed by atoms with Gasteiger partial charge in [-0.05, 0) is 110 Å². The number of amides is 1. The lowest BCUT2D eigenvalue weighted by Crippen LogP contribution is -2.28. The van der Waals surface area contributed by atoms with E-state index in [4.69, 9.17) is 4.99 Å². The molecule has 2 heterocycles. The van der Waals surface area contributed by atoms with Gasteiger partial charge in [-0.2, -0.15) is 0 Å². The second-order valence-corrected chi connectivity index (χ2v) is 10.8. The maximum absolute atomic E-state index is 13.7. The molecule has 1 aromatic heterocycles. The number of para-hydroxylation sites is 1. The van der Waals surface area contributed by atoms with Crippen LogP contribution in [0.25, 0.3) is 11.8 Å². The van der Waals surface area contributed by atoms with Gasteiger partial charge in [0.2, 0.25) is 0 Å². The quantitative estimate of drug-likeness (QED) is 0.265. The summed E-state index contributed by atoms with van der Waals surface area (Å²) in [5.41, 5.74) is 8.43. The van der Waals surface area contributed by atoms with Gasteiger partial charge in [-0.15, -0.1) is 0 Å². The number of aromatic carboxylic acids is 1. The molecule has 0 unspecified atom stereocenters. The van der Waals surface area contributed by atoms with Crippen LogP contribution in [0.2, 0.25) is 0 Å². The monoisotopic (exact) mass is 535 g/mol. The summed E-state index contributed by atoms with van der Waals surface area (Å²) >= 11 is 1.35. The van der Waals surface area contributed by atoms with Gasteiger partial charge in [0, 0.05) is 17.1 Å². The number of hydrogen-bond acceptors (Lipinski definition) is 4. The Labute approximate surface area is 232 Å². The Morgan fingerprint density at radius 1 is 0.923 bits per heavy atom. The van der Waals surface area contributed by atoms with Crippen molar-refractivity contribution in [2.24, 2.45) is 4.99 Å². The molecule has 1 amide bonds. The molecule has 5 rings (SSSR count). The summed E-state index contributed by atoms with van der Waals surface area (Å²) in [5, 5.41) is 9.82. The molecule has 1 saturated heterocycles. The van der Waals surface area contributed by atoms with E-state index >= 15 is 0 Å². The zero-order valence-electron chi connectivity index (χ0n) is 22.3. The summed E-state index contributed by atoms with van der Waals surface area (Å²) in [4.78, 5) is 32.0. The highest BCUT2D eigenvalue weighted by Crippen LogP contribution is 2.36. The molecule has 4 aromatic rings. The first-order chi connectivity index (χ1) is 18.7. The number of aromatic nitrogens is 1. The molecule has 0 bridgehead atoms. The van der Waals surface area contributed by atoms with Crippen molar-refractivity contribution in [3.8, 4) is 5.69 Å². The Morgan fingerprint density at radius 2 is 1.59 bits per heavy atom. The molecule has 3 aromatic carbocycles. The van der Waals surface area contributed by atoms with Crippen molar-refractivity contribution in [2.75, 3.05) is 0 Å². The van der Waals surface area contributed by atoms with E-state index in [1.807, 2.05) is 36.4 Å². The first-order valence-electron chi connectivity index (χ1n) is 12.6. The number of carbonyl (C=O) groups excluding carboxylic acids is 1. The molecule has 0 radical (unpaired) electrons. The van der Waals surface area contributed by atoms with Gasteiger partial charge in [-0.3, -0.25) is 9.69 Å². The number of benzene rings is 3. The molecule has 0 saturated carbocycles. The zero-order chi connectivity index (χ0) is 27.7. The zero-order valence-corrected chi connectivity index (χ0v) is 23.1. The number of thioether (sulfide) groups is 1. The standard InChI is InChI=1S/C32H29N3O3S/c1-20-14-21(2)16-28(15-20)35-22(3)17-26(23(35)4)18-29-30(36)34(19-24-10-12-25(13-11-24)31(37)38)32(39-29)33-27-8-6-5-7-9-27/h5-18H,19H2,1-4H3,(H,37,38)/b29-18-,33-32?. The fourth-order valence-corrected chi connectivity index (χ4v) is 5.82. The molecular weight excluding hydrogens is 506 g/mol. The maximum Gasteiger partial charge on any atom is 0.335 e. The molecule has 196 valence electrons. The van der Waals surface area contributed by atoms with E-state index in [-0.39, 0.29) is 18.0 Å². The third kappa shape index (κ3) is 5.59. The summed E-state index contributed by atoms with van der Waals surface area (Å²) in [7, 11) is 0. The van der Waals surface area contributed by atoms with E-state index < -0.39 is 5.97 Å². The molecule has 39 heavy (non-hydrogen) atoms. The predicted octanol–water partition coefficient (Wildman–Crippen LogP) is 7.21. The number of aryl methyl sites for hydroxylation is 3. The fourth-order valence-electron chi connectivity index (χ4n) is 4.83. The number of carboxylic acid groups (broad SMARTS) is 1. The van der Waals surface area contributed by atoms with Gasteiger partial charge in [-0.1, -0.05) is 36.4 Å². The Hall–Kier alpha value is -4.36. The minimum absolute atomic E-state index is 0.131. The van der Waals surface area contributed by atoms with Crippen LogP contribution in [0.1, 0.15) is 44.0 Å². The number of nitrogens with zero attached hydrogens (tertiary/aromatic N) is 3. The number of amidine groups is 1. The smallest absolute Gasteiger partial charge is 0.335 e. The molecule has 6 nitrogen and oxygen atoms in total. The molecule has 1 aliphatic heterocycles. The lowest BCUT2D eigenvalue weighted by molar-refractivity contribution is -0.122. The molecule has 0 spiro atoms. The summed E-state index contributed by atoms with van der Waals surface area (Å²) in [6.45, 7) is 8.63. The van der Waals surface area contributed by atoms with Gasteiger partial charge in [0.1, 0.15) is 0 Å². The van der Waals surface area contributed by atoms with Gasteiger partial charge in [0.15, 0.2) is 5.17 Å². The molecule has 1 N–H and O–H groups in total. The average molecular weight is 536 g/mol. The van der Waals surface area contributed by atoms with Crippen LogP contribution in [-0.2, 0) is 11.3 Å². The minimum atomic E-state index is -0.982. The second kappa shape index (κ2) is 10.8. The minimum Gasteiger partial charge on any atom is -0.478 e. The van der Waals surface area contributed by atoms with Crippen molar-refractivity contribution < 1.29 is 14.7 Å². The number of rotatable bonds is 6. The normalized spacial score (nSPS) is 15.5. The van der Waals surface area contributed by atoms with Crippen LogP contribution in [0.3, 0.4) is 0 Å². The highest BCUT2D eigenvalue weighted by molar-refractivity contribution is 8.18. The molecule has 0 aliphatic carbocycles. The Bertz CT molecular complexity index is 1610.